The average molecular weight is 415 g/mol. The van der Waals surface area contributed by atoms with Crippen molar-refractivity contribution in [2.45, 2.75) is 31.3 Å². The van der Waals surface area contributed by atoms with Gasteiger partial charge in [0.2, 0.25) is 5.91 Å². The summed E-state index contributed by atoms with van der Waals surface area (Å²) in [5.41, 5.74) is 2.24. The Morgan fingerprint density at radius 1 is 1.19 bits per heavy atom. The molecule has 2 aromatic carbocycles. The largest absolute Gasteiger partial charge is 0.344 e. The highest BCUT2D eigenvalue weighted by Crippen LogP contribution is 2.53. The minimum Gasteiger partial charge on any atom is -0.344 e. The fraction of sp³-hybridized carbons (Fsp3) is 0.286. The molecule has 0 unspecified atom stereocenters. The van der Waals surface area contributed by atoms with Gasteiger partial charge in [0, 0.05) is 28.5 Å². The highest BCUT2D eigenvalue weighted by Gasteiger charge is 2.57. The summed E-state index contributed by atoms with van der Waals surface area (Å²) in [5, 5.41) is 3.24. The summed E-state index contributed by atoms with van der Waals surface area (Å²) in [7, 11) is 0. The van der Waals surface area contributed by atoms with Crippen LogP contribution in [0.2, 0.25) is 0 Å². The maximum Gasteiger partial charge on any atom is 0.223 e. The Bertz CT molecular complexity index is 907. The summed E-state index contributed by atoms with van der Waals surface area (Å²) < 4.78 is 14.2. The third-order valence-corrected chi connectivity index (χ3v) is 6.07. The number of nitrogens with zero attached hydrogens (tertiary/aromatic N) is 1. The van der Waals surface area contributed by atoms with Crippen molar-refractivity contribution < 1.29 is 9.18 Å². The van der Waals surface area contributed by atoms with E-state index in [9.17, 15) is 9.18 Å². The standard InChI is InChI=1S/C21H20BrFN2O/c1-20(2)17-13-15(22)5-8-18(17)25-12-10-19(26)24-21(20,25)11-9-14-3-6-16(23)7-4-14/h3-9,11,13H,10,12H2,1-2H3,(H,24,26)/b11-9+/t21-/m0/s1. The lowest BCUT2D eigenvalue weighted by Gasteiger charge is -2.49. The summed E-state index contributed by atoms with van der Waals surface area (Å²) in [6.07, 6.45) is 4.48. The van der Waals surface area contributed by atoms with Crippen molar-refractivity contribution in [3.8, 4) is 0 Å². The molecule has 2 aromatic rings. The summed E-state index contributed by atoms with van der Waals surface area (Å²) in [4.78, 5) is 14.6. The number of carbonyl (C=O) groups is 1. The van der Waals surface area contributed by atoms with E-state index in [1.807, 2.05) is 18.2 Å². The lowest BCUT2D eigenvalue weighted by Crippen LogP contribution is -2.68. The van der Waals surface area contributed by atoms with Gasteiger partial charge in [0.05, 0.1) is 0 Å². The quantitative estimate of drug-likeness (QED) is 0.777. The fourth-order valence-electron chi connectivity index (χ4n) is 4.12. The highest BCUT2D eigenvalue weighted by molar-refractivity contribution is 9.10. The summed E-state index contributed by atoms with van der Waals surface area (Å²) >= 11 is 3.57. The Balaban J connectivity index is 1.84. The van der Waals surface area contributed by atoms with Crippen molar-refractivity contribution in [1.82, 2.24) is 5.32 Å². The van der Waals surface area contributed by atoms with Crippen molar-refractivity contribution in [3.63, 3.8) is 0 Å². The van der Waals surface area contributed by atoms with Crippen LogP contribution in [0.5, 0.6) is 0 Å². The van der Waals surface area contributed by atoms with E-state index in [0.717, 1.165) is 15.7 Å². The minimum atomic E-state index is -0.653. The van der Waals surface area contributed by atoms with Gasteiger partial charge in [-0.2, -0.15) is 0 Å². The topological polar surface area (TPSA) is 32.3 Å². The highest BCUT2D eigenvalue weighted by atomic mass is 79.9. The minimum absolute atomic E-state index is 0.0463. The molecule has 2 aliphatic heterocycles. The van der Waals surface area contributed by atoms with Gasteiger partial charge in [-0.05, 0) is 47.5 Å². The number of fused-ring (bicyclic) bond motifs is 3. The number of nitrogens with one attached hydrogen (secondary N) is 1. The van der Waals surface area contributed by atoms with Gasteiger partial charge >= 0.3 is 0 Å². The van der Waals surface area contributed by atoms with Crippen molar-refractivity contribution in [2.24, 2.45) is 0 Å². The van der Waals surface area contributed by atoms with E-state index in [2.05, 4.69) is 52.1 Å². The number of hydrogen-bond donors (Lipinski definition) is 1. The Morgan fingerprint density at radius 3 is 2.65 bits per heavy atom. The number of hydrogen-bond acceptors (Lipinski definition) is 2. The number of halogens is 2. The van der Waals surface area contributed by atoms with E-state index < -0.39 is 5.66 Å². The number of carbonyl (C=O) groups excluding carboxylic acids is 1. The molecule has 2 aliphatic rings. The first-order valence-electron chi connectivity index (χ1n) is 8.67. The molecule has 3 nitrogen and oxygen atoms in total. The van der Waals surface area contributed by atoms with Crippen molar-refractivity contribution in [3.05, 3.63) is 70.0 Å². The number of amides is 1. The first kappa shape index (κ1) is 17.3. The maximum atomic E-state index is 13.2. The van der Waals surface area contributed by atoms with E-state index in [1.54, 1.807) is 12.1 Å². The Morgan fingerprint density at radius 2 is 1.92 bits per heavy atom. The molecule has 1 saturated heterocycles. The van der Waals surface area contributed by atoms with Crippen LogP contribution in [0.15, 0.2) is 53.0 Å². The lowest BCUT2D eigenvalue weighted by molar-refractivity contribution is -0.124. The van der Waals surface area contributed by atoms with Gasteiger partial charge in [0.25, 0.3) is 0 Å². The van der Waals surface area contributed by atoms with Gasteiger partial charge in [-0.25, -0.2) is 4.39 Å². The molecule has 134 valence electrons. The van der Waals surface area contributed by atoms with Crippen LogP contribution >= 0.6 is 15.9 Å². The molecule has 0 spiro atoms. The smallest absolute Gasteiger partial charge is 0.223 e. The first-order valence-corrected chi connectivity index (χ1v) is 9.46. The van der Waals surface area contributed by atoms with Crippen LogP contribution in [0.1, 0.15) is 31.4 Å². The molecule has 0 radical (unpaired) electrons. The molecule has 0 bridgehead atoms. The van der Waals surface area contributed by atoms with Crippen LogP contribution < -0.4 is 10.2 Å². The molecule has 5 heteroatoms. The van der Waals surface area contributed by atoms with Crippen LogP contribution in [-0.4, -0.2) is 18.1 Å². The molecule has 2 heterocycles. The van der Waals surface area contributed by atoms with Crippen LogP contribution in [-0.2, 0) is 10.2 Å². The molecule has 1 fully saturated rings. The van der Waals surface area contributed by atoms with Gasteiger partial charge in [-0.15, -0.1) is 0 Å². The Kier molecular flexibility index (Phi) is 3.95. The second-order valence-corrected chi connectivity index (χ2v) is 8.30. The van der Waals surface area contributed by atoms with Crippen LogP contribution in [0, 0.1) is 5.82 Å². The molecule has 1 amide bonds. The fourth-order valence-corrected chi connectivity index (χ4v) is 4.48. The van der Waals surface area contributed by atoms with Gasteiger partial charge in [0.15, 0.2) is 0 Å². The van der Waals surface area contributed by atoms with E-state index in [-0.39, 0.29) is 17.1 Å². The van der Waals surface area contributed by atoms with E-state index in [1.165, 1.54) is 17.7 Å². The molecular formula is C21H20BrFN2O. The first-order chi connectivity index (χ1) is 12.3. The predicted molar refractivity (Wildman–Crippen MR) is 105 cm³/mol. The van der Waals surface area contributed by atoms with E-state index in [0.29, 0.717) is 13.0 Å². The second kappa shape index (κ2) is 5.95. The molecule has 26 heavy (non-hydrogen) atoms. The zero-order valence-corrected chi connectivity index (χ0v) is 16.3. The molecule has 0 aliphatic carbocycles. The SMILES string of the molecule is CC1(C)c2cc(Br)ccc2N2CCC(=O)N[C@@]21/C=C/c1ccc(F)cc1. The third kappa shape index (κ3) is 2.49. The zero-order valence-electron chi connectivity index (χ0n) is 14.7. The van der Waals surface area contributed by atoms with Gasteiger partial charge in [0.1, 0.15) is 11.5 Å². The van der Waals surface area contributed by atoms with Crippen molar-refractivity contribution in [2.75, 3.05) is 11.4 Å². The van der Waals surface area contributed by atoms with E-state index in [4.69, 9.17) is 0 Å². The summed E-state index contributed by atoms with van der Waals surface area (Å²) in [5.74, 6) is -0.212. The monoisotopic (exact) mass is 414 g/mol. The molecule has 0 aromatic heterocycles. The number of anilines is 1. The van der Waals surface area contributed by atoms with Crippen molar-refractivity contribution >= 4 is 33.6 Å². The summed E-state index contributed by atoms with van der Waals surface area (Å²) in [6, 6.07) is 12.6. The van der Waals surface area contributed by atoms with Crippen molar-refractivity contribution in [1.29, 1.82) is 0 Å². The molecule has 0 saturated carbocycles. The third-order valence-electron chi connectivity index (χ3n) is 5.58. The second-order valence-electron chi connectivity index (χ2n) is 7.39. The lowest BCUT2D eigenvalue weighted by atomic mass is 9.74. The number of benzene rings is 2. The maximum absolute atomic E-state index is 13.2. The Labute approximate surface area is 161 Å². The van der Waals surface area contributed by atoms with Gasteiger partial charge < -0.3 is 10.2 Å². The zero-order chi connectivity index (χ0) is 18.5. The normalized spacial score (nSPS) is 23.7. The molecule has 1 N–H and O–H groups in total. The average Bonchev–Trinajstić information content (AvgIpc) is 2.79. The predicted octanol–water partition coefficient (Wildman–Crippen LogP) is 4.62. The molecule has 1 atom stereocenters. The molecular weight excluding hydrogens is 395 g/mol. The van der Waals surface area contributed by atoms with Crippen LogP contribution in [0.3, 0.4) is 0 Å². The van der Waals surface area contributed by atoms with Crippen LogP contribution in [0.4, 0.5) is 10.1 Å². The number of rotatable bonds is 2. The van der Waals surface area contributed by atoms with E-state index >= 15 is 0 Å². The van der Waals surface area contributed by atoms with Gasteiger partial charge in [-0.3, -0.25) is 4.79 Å². The Hall–Kier alpha value is -2.14. The molecule has 4 rings (SSSR count). The van der Waals surface area contributed by atoms with Crippen LogP contribution in [0.25, 0.3) is 6.08 Å². The summed E-state index contributed by atoms with van der Waals surface area (Å²) in [6.45, 7) is 4.97. The van der Waals surface area contributed by atoms with Gasteiger partial charge in [-0.1, -0.05) is 48.0 Å².